The molecule has 2 atom stereocenters. The summed E-state index contributed by atoms with van der Waals surface area (Å²) in [4.78, 5) is 8.50. The molecule has 0 aromatic carbocycles. The minimum Gasteiger partial charge on any atom is -0.482 e. The van der Waals surface area contributed by atoms with Gasteiger partial charge in [0.15, 0.2) is 11.6 Å². The number of pyridine rings is 2. The van der Waals surface area contributed by atoms with Crippen LogP contribution in [0, 0.1) is 0 Å². The third-order valence-corrected chi connectivity index (χ3v) is 6.00. The van der Waals surface area contributed by atoms with Gasteiger partial charge in [-0.25, -0.2) is 4.98 Å². The van der Waals surface area contributed by atoms with Gasteiger partial charge in [0.1, 0.15) is 6.10 Å². The molecule has 5 rings (SSSR count). The Morgan fingerprint density at radius 1 is 1.28 bits per heavy atom. The number of nitrogens with one attached hydrogen (secondary N) is 1. The van der Waals surface area contributed by atoms with Crippen molar-refractivity contribution in [3.63, 3.8) is 0 Å². The van der Waals surface area contributed by atoms with Gasteiger partial charge < -0.3 is 15.8 Å². The zero-order valence-corrected chi connectivity index (χ0v) is 17.2. The summed E-state index contributed by atoms with van der Waals surface area (Å²) in [7, 11) is 0. The van der Waals surface area contributed by atoms with Crippen LogP contribution in [0.1, 0.15) is 37.1 Å². The molecular weight excluding hydrogens is 388 g/mol. The molecule has 3 aromatic heterocycles. The molecule has 0 radical (unpaired) electrons. The first-order chi connectivity index (χ1) is 13.6. The second-order valence-electron chi connectivity index (χ2n) is 7.75. The summed E-state index contributed by atoms with van der Waals surface area (Å²) in [5, 5.41) is 8.33. The lowest BCUT2D eigenvalue weighted by Crippen LogP contribution is -2.25. The van der Waals surface area contributed by atoms with E-state index in [1.807, 2.05) is 25.1 Å². The molecule has 0 saturated carbocycles. The van der Waals surface area contributed by atoms with Gasteiger partial charge in [-0.15, -0.1) is 12.4 Å². The fraction of sp³-hybridized carbons (Fsp3) is 0.381. The van der Waals surface area contributed by atoms with E-state index in [0.29, 0.717) is 11.6 Å². The predicted molar refractivity (Wildman–Crippen MR) is 114 cm³/mol. The number of aromatic nitrogens is 4. The maximum absolute atomic E-state index is 6.09. The van der Waals surface area contributed by atoms with Gasteiger partial charge in [0.05, 0.1) is 5.69 Å². The molecule has 5 heterocycles. The molecule has 0 amide bonds. The van der Waals surface area contributed by atoms with Crippen LogP contribution >= 0.6 is 12.4 Å². The van der Waals surface area contributed by atoms with Gasteiger partial charge in [-0.05, 0) is 44.5 Å². The van der Waals surface area contributed by atoms with E-state index in [4.69, 9.17) is 15.6 Å². The van der Waals surface area contributed by atoms with Crippen LogP contribution in [0.25, 0.3) is 11.3 Å². The van der Waals surface area contributed by atoms with Crippen molar-refractivity contribution < 1.29 is 4.74 Å². The highest BCUT2D eigenvalue weighted by Gasteiger charge is 2.42. The summed E-state index contributed by atoms with van der Waals surface area (Å²) < 4.78 is 8.24. The molecule has 1 spiro atoms. The van der Waals surface area contributed by atoms with E-state index in [9.17, 15) is 0 Å². The molecule has 8 heteroatoms. The largest absolute Gasteiger partial charge is 0.482 e. The van der Waals surface area contributed by atoms with Crippen molar-refractivity contribution in [3.8, 4) is 17.0 Å². The van der Waals surface area contributed by atoms with Crippen molar-refractivity contribution >= 4 is 18.2 Å². The van der Waals surface area contributed by atoms with Gasteiger partial charge in [0, 0.05) is 53.9 Å². The smallest absolute Gasteiger partial charge is 0.166 e. The van der Waals surface area contributed by atoms with E-state index < -0.39 is 0 Å². The SMILES string of the molecule is CC(Oc1cc(-c2cc3n(n2)CC[C@@]32CCNC2)cnc1N)c1cccnc1.Cl. The zero-order valence-electron chi connectivity index (χ0n) is 16.3. The van der Waals surface area contributed by atoms with Crippen molar-refractivity contribution in [3.05, 3.63) is 54.1 Å². The van der Waals surface area contributed by atoms with Gasteiger partial charge in [-0.3, -0.25) is 9.67 Å². The molecule has 3 N–H and O–H groups in total. The second kappa shape index (κ2) is 7.65. The summed E-state index contributed by atoms with van der Waals surface area (Å²) in [5.74, 6) is 0.946. The zero-order chi connectivity index (χ0) is 19.1. The highest BCUT2D eigenvalue weighted by molar-refractivity contribution is 5.85. The Morgan fingerprint density at radius 2 is 2.17 bits per heavy atom. The van der Waals surface area contributed by atoms with Crippen molar-refractivity contribution in [1.29, 1.82) is 0 Å². The molecule has 3 aromatic rings. The highest BCUT2D eigenvalue weighted by atomic mass is 35.5. The number of ether oxygens (including phenoxy) is 1. The van der Waals surface area contributed by atoms with Crippen molar-refractivity contribution in [2.24, 2.45) is 0 Å². The molecule has 152 valence electrons. The number of hydrogen-bond donors (Lipinski definition) is 2. The van der Waals surface area contributed by atoms with Crippen LogP contribution in [0.5, 0.6) is 5.75 Å². The van der Waals surface area contributed by atoms with E-state index in [0.717, 1.165) is 36.5 Å². The first-order valence-corrected chi connectivity index (χ1v) is 9.76. The Bertz CT molecular complexity index is 1000. The van der Waals surface area contributed by atoms with Crippen molar-refractivity contribution in [2.45, 2.75) is 37.8 Å². The van der Waals surface area contributed by atoms with Crippen molar-refractivity contribution in [2.75, 3.05) is 18.8 Å². The number of nitrogens with zero attached hydrogens (tertiary/aromatic N) is 4. The highest BCUT2D eigenvalue weighted by Crippen LogP contribution is 2.41. The maximum atomic E-state index is 6.09. The Hall–Kier alpha value is -2.64. The summed E-state index contributed by atoms with van der Waals surface area (Å²) in [6.45, 7) is 5.06. The van der Waals surface area contributed by atoms with E-state index in [1.165, 1.54) is 18.5 Å². The summed E-state index contributed by atoms with van der Waals surface area (Å²) in [6.07, 6.45) is 7.49. The molecular formula is C21H25ClN6O. The standard InChI is InChI=1S/C21H24N6O.ClH/c1-14(15-3-2-6-23-11-15)28-18-9-16(12-25-20(18)22)17-10-19-21(4-7-24-13-21)5-8-27(19)26-17;/h2-3,6,9-12,14,24H,4-5,7-8,13H2,1H3,(H2,22,25);1H/t14?,21-;/m1./s1. The van der Waals surface area contributed by atoms with Crippen LogP contribution in [-0.4, -0.2) is 32.8 Å². The number of anilines is 1. The number of nitrogens with two attached hydrogens (primary N) is 1. The van der Waals surface area contributed by atoms with Gasteiger partial charge in [-0.1, -0.05) is 6.07 Å². The van der Waals surface area contributed by atoms with Crippen LogP contribution in [0.4, 0.5) is 5.82 Å². The van der Waals surface area contributed by atoms with Gasteiger partial charge in [0.25, 0.3) is 0 Å². The number of rotatable bonds is 4. The molecule has 2 aliphatic heterocycles. The third kappa shape index (κ3) is 3.45. The molecule has 1 saturated heterocycles. The van der Waals surface area contributed by atoms with E-state index in [2.05, 4.69) is 26.0 Å². The summed E-state index contributed by atoms with van der Waals surface area (Å²) in [6, 6.07) is 8.03. The molecule has 0 aliphatic carbocycles. The third-order valence-electron chi connectivity index (χ3n) is 6.00. The van der Waals surface area contributed by atoms with Crippen molar-refractivity contribution in [1.82, 2.24) is 25.1 Å². The summed E-state index contributed by atoms with van der Waals surface area (Å²) in [5.41, 5.74) is 10.5. The lowest BCUT2D eigenvalue weighted by Gasteiger charge is -2.20. The quantitative estimate of drug-likeness (QED) is 0.684. The number of aryl methyl sites for hydroxylation is 1. The monoisotopic (exact) mass is 412 g/mol. The topological polar surface area (TPSA) is 90.9 Å². The molecule has 2 aliphatic rings. The van der Waals surface area contributed by atoms with Gasteiger partial charge >= 0.3 is 0 Å². The van der Waals surface area contributed by atoms with E-state index >= 15 is 0 Å². The minimum atomic E-state index is -0.173. The Morgan fingerprint density at radius 3 is 2.93 bits per heavy atom. The van der Waals surface area contributed by atoms with Crippen LogP contribution in [-0.2, 0) is 12.0 Å². The fourth-order valence-electron chi connectivity index (χ4n) is 4.34. The molecule has 29 heavy (non-hydrogen) atoms. The lowest BCUT2D eigenvalue weighted by atomic mass is 9.82. The Balaban J connectivity index is 0.00000205. The average molecular weight is 413 g/mol. The van der Waals surface area contributed by atoms with Gasteiger partial charge in [-0.2, -0.15) is 5.10 Å². The lowest BCUT2D eigenvalue weighted by molar-refractivity contribution is 0.227. The minimum absolute atomic E-state index is 0. The number of halogens is 1. The van der Waals surface area contributed by atoms with Crippen LogP contribution < -0.4 is 15.8 Å². The van der Waals surface area contributed by atoms with E-state index in [1.54, 1.807) is 18.6 Å². The first-order valence-electron chi connectivity index (χ1n) is 9.76. The molecule has 0 bridgehead atoms. The normalized spacial score (nSPS) is 21.0. The fourth-order valence-corrected chi connectivity index (χ4v) is 4.34. The Labute approximate surface area is 176 Å². The summed E-state index contributed by atoms with van der Waals surface area (Å²) >= 11 is 0. The molecule has 1 unspecified atom stereocenters. The molecule has 7 nitrogen and oxygen atoms in total. The van der Waals surface area contributed by atoms with Crippen LogP contribution in [0.15, 0.2) is 42.9 Å². The van der Waals surface area contributed by atoms with Crippen LogP contribution in [0.3, 0.4) is 0 Å². The van der Waals surface area contributed by atoms with Gasteiger partial charge in [0.2, 0.25) is 0 Å². The number of hydrogen-bond acceptors (Lipinski definition) is 6. The predicted octanol–water partition coefficient (Wildman–Crippen LogP) is 3.12. The average Bonchev–Trinajstić information content (AvgIpc) is 3.43. The molecule has 1 fully saturated rings. The first kappa shape index (κ1) is 19.7. The number of nitrogen functional groups attached to an aromatic ring is 1. The number of fused-ring (bicyclic) bond motifs is 2. The Kier molecular flexibility index (Phi) is 5.19. The maximum Gasteiger partial charge on any atom is 0.166 e. The van der Waals surface area contributed by atoms with E-state index in [-0.39, 0.29) is 23.9 Å². The van der Waals surface area contributed by atoms with Crippen LogP contribution in [0.2, 0.25) is 0 Å². The second-order valence-corrected chi connectivity index (χ2v) is 7.75.